The van der Waals surface area contributed by atoms with Gasteiger partial charge in [0.15, 0.2) is 0 Å². The molecule has 0 aromatic heterocycles. The summed E-state index contributed by atoms with van der Waals surface area (Å²) < 4.78 is 5.85. The molecule has 1 saturated heterocycles. The molecule has 3 rings (SSSR count). The van der Waals surface area contributed by atoms with Crippen molar-refractivity contribution in [2.75, 3.05) is 0 Å². The maximum absolute atomic E-state index is 11.6. The highest BCUT2D eigenvalue weighted by Crippen LogP contribution is 2.48. The van der Waals surface area contributed by atoms with Gasteiger partial charge in [-0.3, -0.25) is 4.79 Å². The number of carbonyl (C=O) groups excluding carboxylic acids is 1. The molecule has 1 aliphatic carbocycles. The number of Topliss-reactive ketones (excluding diaryl/α,β-unsaturated/α-hetero) is 1. The second-order valence-corrected chi connectivity index (χ2v) is 4.09. The molecule has 0 radical (unpaired) electrons. The number of hydrogen-bond donors (Lipinski definition) is 0. The highest BCUT2D eigenvalue weighted by Gasteiger charge is 2.53. The van der Waals surface area contributed by atoms with Crippen molar-refractivity contribution >= 4 is 5.78 Å². The minimum Gasteiger partial charge on any atom is -0.362 e. The van der Waals surface area contributed by atoms with Crippen molar-refractivity contribution < 1.29 is 9.53 Å². The van der Waals surface area contributed by atoms with Gasteiger partial charge in [-0.05, 0) is 19.3 Å². The maximum atomic E-state index is 11.6. The van der Waals surface area contributed by atoms with Crippen LogP contribution in [-0.2, 0) is 9.53 Å². The van der Waals surface area contributed by atoms with Gasteiger partial charge in [-0.2, -0.15) is 0 Å². The Hall–Kier alpha value is -0.630. The summed E-state index contributed by atoms with van der Waals surface area (Å²) in [5.74, 6) is 0.612. The molecule has 2 fully saturated rings. The Morgan fingerprint density at radius 2 is 2.50 bits per heavy atom. The molecule has 3 atom stereocenters. The van der Waals surface area contributed by atoms with Crippen molar-refractivity contribution in [3.63, 3.8) is 0 Å². The van der Waals surface area contributed by atoms with E-state index in [4.69, 9.17) is 4.74 Å². The van der Waals surface area contributed by atoms with Gasteiger partial charge in [-0.25, -0.2) is 0 Å². The summed E-state index contributed by atoms with van der Waals surface area (Å²) in [6.07, 6.45) is 8.17. The summed E-state index contributed by atoms with van der Waals surface area (Å²) >= 11 is 0. The molecule has 1 saturated carbocycles. The van der Waals surface area contributed by atoms with Gasteiger partial charge in [0.1, 0.15) is 5.78 Å². The van der Waals surface area contributed by atoms with E-state index in [9.17, 15) is 4.79 Å². The van der Waals surface area contributed by atoms with Crippen LogP contribution in [0.5, 0.6) is 0 Å². The molecule has 0 aromatic rings. The van der Waals surface area contributed by atoms with Gasteiger partial charge in [0.2, 0.25) is 0 Å². The van der Waals surface area contributed by atoms with Crippen LogP contribution in [0.4, 0.5) is 0 Å². The van der Waals surface area contributed by atoms with Crippen molar-refractivity contribution in [1.29, 1.82) is 0 Å². The predicted molar refractivity (Wildman–Crippen MR) is 43.7 cm³/mol. The molecule has 2 heteroatoms. The number of ketones is 1. The lowest BCUT2D eigenvalue weighted by Crippen LogP contribution is -2.43. The molecule has 0 aromatic carbocycles. The maximum Gasteiger partial charge on any atom is 0.142 e. The lowest BCUT2D eigenvalue weighted by molar-refractivity contribution is -0.145. The van der Waals surface area contributed by atoms with E-state index in [-0.39, 0.29) is 17.6 Å². The average Bonchev–Trinajstić information content (AvgIpc) is 2.59. The molecule has 0 N–H and O–H groups in total. The highest BCUT2D eigenvalue weighted by molar-refractivity contribution is 5.85. The first kappa shape index (κ1) is 6.84. The first-order valence-corrected chi connectivity index (χ1v) is 4.70. The van der Waals surface area contributed by atoms with Gasteiger partial charge in [0.25, 0.3) is 0 Å². The molecule has 12 heavy (non-hydrogen) atoms. The van der Waals surface area contributed by atoms with Crippen molar-refractivity contribution in [1.82, 2.24) is 0 Å². The number of carbonyl (C=O) groups is 1. The quantitative estimate of drug-likeness (QED) is 0.506. The molecule has 1 spiro atoms. The molecular formula is C10H12O2. The van der Waals surface area contributed by atoms with Crippen LogP contribution in [0.1, 0.15) is 25.7 Å². The van der Waals surface area contributed by atoms with Gasteiger partial charge in [-0.15, -0.1) is 0 Å². The zero-order chi connectivity index (χ0) is 8.18. The summed E-state index contributed by atoms with van der Waals surface area (Å²) in [6.45, 7) is 0. The monoisotopic (exact) mass is 164 g/mol. The number of rotatable bonds is 0. The van der Waals surface area contributed by atoms with Crippen molar-refractivity contribution in [3.05, 3.63) is 12.2 Å². The van der Waals surface area contributed by atoms with Crippen molar-refractivity contribution in [3.8, 4) is 0 Å². The number of fused-ring (bicyclic) bond motifs is 1. The topological polar surface area (TPSA) is 26.3 Å². The van der Waals surface area contributed by atoms with Crippen LogP contribution in [0, 0.1) is 5.92 Å². The van der Waals surface area contributed by atoms with Crippen molar-refractivity contribution in [2.45, 2.75) is 37.4 Å². The van der Waals surface area contributed by atoms with Crippen LogP contribution in [0.15, 0.2) is 12.2 Å². The Labute approximate surface area is 71.6 Å². The molecule has 2 nitrogen and oxygen atoms in total. The Morgan fingerprint density at radius 3 is 3.42 bits per heavy atom. The van der Waals surface area contributed by atoms with Gasteiger partial charge in [-0.1, -0.05) is 12.2 Å². The normalized spacial score (nSPS) is 49.8. The van der Waals surface area contributed by atoms with E-state index in [2.05, 4.69) is 12.2 Å². The first-order chi connectivity index (χ1) is 5.80. The average molecular weight is 164 g/mol. The van der Waals surface area contributed by atoms with E-state index >= 15 is 0 Å². The summed E-state index contributed by atoms with van der Waals surface area (Å²) in [5.41, 5.74) is -0.153. The number of hydrogen-bond acceptors (Lipinski definition) is 2. The highest BCUT2D eigenvalue weighted by atomic mass is 16.5. The fourth-order valence-electron chi connectivity index (χ4n) is 2.86. The Bertz CT molecular complexity index is 269. The lowest BCUT2D eigenvalue weighted by Gasteiger charge is -2.34. The summed E-state index contributed by atoms with van der Waals surface area (Å²) in [7, 11) is 0. The standard InChI is InChI=1S/C10H12O2/c11-9-6-7-3-5-10(12-7)4-1-2-8(9)10/h3,5,7-8H,1-2,4,6H2/t7-,8-,10+/m1/s1. The summed E-state index contributed by atoms with van der Waals surface area (Å²) in [4.78, 5) is 11.6. The SMILES string of the molecule is O=C1C[C@H]2C=C[C@]3(CCC[C@H]13)O2. The third-order valence-corrected chi connectivity index (χ3v) is 3.40. The Morgan fingerprint density at radius 1 is 1.58 bits per heavy atom. The van der Waals surface area contributed by atoms with E-state index in [1.807, 2.05) is 0 Å². The molecule has 64 valence electrons. The second-order valence-electron chi connectivity index (χ2n) is 4.09. The van der Waals surface area contributed by atoms with Gasteiger partial charge < -0.3 is 4.74 Å². The first-order valence-electron chi connectivity index (χ1n) is 4.70. The predicted octanol–water partition coefficient (Wildman–Crippen LogP) is 1.45. The fraction of sp³-hybridized carbons (Fsp3) is 0.700. The van der Waals surface area contributed by atoms with Crippen LogP contribution in [0.25, 0.3) is 0 Å². The van der Waals surface area contributed by atoms with Crippen LogP contribution < -0.4 is 0 Å². The van der Waals surface area contributed by atoms with Gasteiger partial charge in [0, 0.05) is 6.42 Å². The molecule has 2 bridgehead atoms. The zero-order valence-electron chi connectivity index (χ0n) is 6.95. The largest absolute Gasteiger partial charge is 0.362 e. The van der Waals surface area contributed by atoms with Crippen molar-refractivity contribution in [2.24, 2.45) is 5.92 Å². The number of ether oxygens (including phenoxy) is 1. The Balaban J connectivity index is 2.06. The third kappa shape index (κ3) is 0.667. The van der Waals surface area contributed by atoms with Crippen LogP contribution >= 0.6 is 0 Å². The molecule has 0 unspecified atom stereocenters. The van der Waals surface area contributed by atoms with Crippen LogP contribution in [0.3, 0.4) is 0 Å². The summed E-state index contributed by atoms with van der Waals surface area (Å²) in [5, 5.41) is 0. The minimum atomic E-state index is -0.153. The van der Waals surface area contributed by atoms with E-state index in [1.54, 1.807) is 0 Å². The molecule has 3 aliphatic rings. The van der Waals surface area contributed by atoms with Crippen LogP contribution in [-0.4, -0.2) is 17.5 Å². The van der Waals surface area contributed by atoms with E-state index in [0.717, 1.165) is 19.3 Å². The summed E-state index contributed by atoms with van der Waals surface area (Å²) in [6, 6.07) is 0. The van der Waals surface area contributed by atoms with Crippen LogP contribution in [0.2, 0.25) is 0 Å². The third-order valence-electron chi connectivity index (χ3n) is 3.40. The molecule has 2 heterocycles. The fourth-order valence-corrected chi connectivity index (χ4v) is 2.86. The lowest BCUT2D eigenvalue weighted by atomic mass is 9.85. The molecule has 0 amide bonds. The molecular weight excluding hydrogens is 152 g/mol. The zero-order valence-corrected chi connectivity index (χ0v) is 6.95. The van der Waals surface area contributed by atoms with Gasteiger partial charge in [0.05, 0.1) is 17.6 Å². The minimum absolute atomic E-state index is 0.104. The van der Waals surface area contributed by atoms with E-state index in [1.165, 1.54) is 0 Å². The smallest absolute Gasteiger partial charge is 0.142 e. The van der Waals surface area contributed by atoms with E-state index in [0.29, 0.717) is 12.2 Å². The van der Waals surface area contributed by atoms with E-state index < -0.39 is 0 Å². The molecule has 2 aliphatic heterocycles. The Kier molecular flexibility index (Phi) is 1.14. The van der Waals surface area contributed by atoms with Gasteiger partial charge >= 0.3 is 0 Å². The second kappa shape index (κ2) is 1.99.